The third kappa shape index (κ3) is 4.35. The second kappa shape index (κ2) is 7.64. The summed E-state index contributed by atoms with van der Waals surface area (Å²) < 4.78 is 5.28. The van der Waals surface area contributed by atoms with E-state index in [-0.39, 0.29) is 0 Å². The summed E-state index contributed by atoms with van der Waals surface area (Å²) in [6, 6.07) is 5.69. The molecule has 2 heterocycles. The zero-order chi connectivity index (χ0) is 15.0. The van der Waals surface area contributed by atoms with Crippen LogP contribution in [0.2, 0.25) is 0 Å². The van der Waals surface area contributed by atoms with E-state index in [2.05, 4.69) is 26.7 Å². The number of nitrogens with one attached hydrogen (secondary N) is 2. The van der Waals surface area contributed by atoms with Gasteiger partial charge in [-0.15, -0.1) is 0 Å². The van der Waals surface area contributed by atoms with E-state index in [9.17, 15) is 0 Å². The molecule has 22 heavy (non-hydrogen) atoms. The van der Waals surface area contributed by atoms with Gasteiger partial charge in [0, 0.05) is 12.7 Å². The number of furan rings is 1. The molecule has 5 heteroatoms. The second-order valence-corrected chi connectivity index (χ2v) is 5.48. The van der Waals surface area contributed by atoms with E-state index in [1.54, 1.807) is 18.0 Å². The van der Waals surface area contributed by atoms with Crippen LogP contribution in [-0.2, 0) is 6.54 Å². The van der Waals surface area contributed by atoms with Gasteiger partial charge in [0.1, 0.15) is 11.6 Å². The summed E-state index contributed by atoms with van der Waals surface area (Å²) in [5.41, 5.74) is 1.57. The zero-order valence-corrected chi connectivity index (χ0v) is 12.7. The number of aromatic nitrogens is 2. The standard InChI is InChI=1S/C17H22N4O/c1-2-5-14(6-3-1)8-10-18-16-9-11-19-17(21-16)20-13-15-7-4-12-22-15/h4-5,7,9,11-12H,1-3,6,8,10,13H2,(H2,18,19,20,21). The summed E-state index contributed by atoms with van der Waals surface area (Å²) in [7, 11) is 0. The van der Waals surface area contributed by atoms with Crippen molar-refractivity contribution in [3.05, 3.63) is 48.1 Å². The van der Waals surface area contributed by atoms with Crippen LogP contribution in [-0.4, -0.2) is 16.5 Å². The summed E-state index contributed by atoms with van der Waals surface area (Å²) in [4.78, 5) is 8.68. The lowest BCUT2D eigenvalue weighted by atomic mass is 9.97. The van der Waals surface area contributed by atoms with Crippen molar-refractivity contribution >= 4 is 11.8 Å². The molecule has 3 rings (SSSR count). The minimum absolute atomic E-state index is 0.587. The highest BCUT2D eigenvalue weighted by molar-refractivity contribution is 5.39. The summed E-state index contributed by atoms with van der Waals surface area (Å²) in [5, 5.41) is 6.53. The molecule has 0 radical (unpaired) electrons. The molecule has 0 amide bonds. The molecular weight excluding hydrogens is 276 g/mol. The van der Waals surface area contributed by atoms with Gasteiger partial charge >= 0.3 is 0 Å². The fourth-order valence-corrected chi connectivity index (χ4v) is 2.60. The van der Waals surface area contributed by atoms with Gasteiger partial charge in [-0.3, -0.25) is 0 Å². The monoisotopic (exact) mass is 298 g/mol. The molecule has 0 saturated carbocycles. The van der Waals surface area contributed by atoms with E-state index >= 15 is 0 Å². The third-order valence-electron chi connectivity index (χ3n) is 3.79. The van der Waals surface area contributed by atoms with Gasteiger partial charge < -0.3 is 15.1 Å². The molecule has 2 aromatic rings. The molecule has 2 aromatic heterocycles. The van der Waals surface area contributed by atoms with Crippen molar-refractivity contribution < 1.29 is 4.42 Å². The number of rotatable bonds is 7. The van der Waals surface area contributed by atoms with Gasteiger partial charge in [-0.25, -0.2) is 4.98 Å². The van der Waals surface area contributed by atoms with Crippen LogP contribution in [0.1, 0.15) is 37.9 Å². The van der Waals surface area contributed by atoms with E-state index in [1.165, 1.54) is 25.7 Å². The topological polar surface area (TPSA) is 63.0 Å². The summed E-state index contributed by atoms with van der Waals surface area (Å²) in [6.07, 6.45) is 12.1. The number of allylic oxidation sites excluding steroid dienone is 1. The maximum atomic E-state index is 5.28. The first kappa shape index (κ1) is 14.6. The molecule has 5 nitrogen and oxygen atoms in total. The Balaban J connectivity index is 1.47. The Kier molecular flexibility index (Phi) is 5.08. The Labute approximate surface area is 130 Å². The van der Waals surface area contributed by atoms with Gasteiger partial charge in [0.2, 0.25) is 5.95 Å². The van der Waals surface area contributed by atoms with E-state index in [0.29, 0.717) is 12.5 Å². The second-order valence-electron chi connectivity index (χ2n) is 5.48. The van der Waals surface area contributed by atoms with E-state index < -0.39 is 0 Å². The fourth-order valence-electron chi connectivity index (χ4n) is 2.60. The fraction of sp³-hybridized carbons (Fsp3) is 0.412. The predicted molar refractivity (Wildman–Crippen MR) is 87.7 cm³/mol. The van der Waals surface area contributed by atoms with Crippen molar-refractivity contribution in [3.63, 3.8) is 0 Å². The Morgan fingerprint density at radius 2 is 2.18 bits per heavy atom. The molecule has 0 fully saturated rings. The molecule has 0 unspecified atom stereocenters. The van der Waals surface area contributed by atoms with Crippen LogP contribution in [0.25, 0.3) is 0 Å². The molecule has 2 N–H and O–H groups in total. The average Bonchev–Trinajstić information content (AvgIpc) is 3.08. The summed E-state index contributed by atoms with van der Waals surface area (Å²) in [5.74, 6) is 2.33. The van der Waals surface area contributed by atoms with Gasteiger partial charge in [0.05, 0.1) is 12.8 Å². The SMILES string of the molecule is C1=C(CCNc2ccnc(NCc3ccco3)n2)CCCC1. The van der Waals surface area contributed by atoms with Crippen molar-refractivity contribution in [3.8, 4) is 0 Å². The van der Waals surface area contributed by atoms with Crippen molar-refractivity contribution in [2.45, 2.75) is 38.6 Å². The van der Waals surface area contributed by atoms with Crippen LogP contribution in [0.5, 0.6) is 0 Å². The lowest BCUT2D eigenvalue weighted by Gasteiger charge is -2.13. The largest absolute Gasteiger partial charge is 0.467 e. The van der Waals surface area contributed by atoms with Crippen molar-refractivity contribution in [1.29, 1.82) is 0 Å². The zero-order valence-electron chi connectivity index (χ0n) is 12.7. The summed E-state index contributed by atoms with van der Waals surface area (Å²) >= 11 is 0. The maximum Gasteiger partial charge on any atom is 0.224 e. The Morgan fingerprint density at radius 1 is 1.18 bits per heavy atom. The summed E-state index contributed by atoms with van der Waals surface area (Å²) in [6.45, 7) is 1.50. The van der Waals surface area contributed by atoms with Gasteiger partial charge in [0.15, 0.2) is 0 Å². The van der Waals surface area contributed by atoms with E-state index in [4.69, 9.17) is 4.42 Å². The quantitative estimate of drug-likeness (QED) is 0.757. The number of anilines is 2. The maximum absolute atomic E-state index is 5.28. The molecular formula is C17H22N4O. The molecule has 116 valence electrons. The number of hydrogen-bond donors (Lipinski definition) is 2. The predicted octanol–water partition coefficient (Wildman–Crippen LogP) is 3.98. The normalized spacial score (nSPS) is 14.5. The Morgan fingerprint density at radius 3 is 3.00 bits per heavy atom. The highest BCUT2D eigenvalue weighted by atomic mass is 16.3. The van der Waals surface area contributed by atoms with Crippen LogP contribution in [0.3, 0.4) is 0 Å². The smallest absolute Gasteiger partial charge is 0.224 e. The Hall–Kier alpha value is -2.30. The van der Waals surface area contributed by atoms with Gasteiger partial charge in [-0.2, -0.15) is 4.98 Å². The molecule has 0 aromatic carbocycles. The first-order valence-electron chi connectivity index (χ1n) is 7.91. The Bertz CT molecular complexity index is 607. The van der Waals surface area contributed by atoms with E-state index in [1.807, 2.05) is 18.2 Å². The van der Waals surface area contributed by atoms with Gasteiger partial charge in [-0.1, -0.05) is 11.6 Å². The van der Waals surface area contributed by atoms with Crippen molar-refractivity contribution in [2.24, 2.45) is 0 Å². The van der Waals surface area contributed by atoms with E-state index in [0.717, 1.165) is 24.5 Å². The number of hydrogen-bond acceptors (Lipinski definition) is 5. The van der Waals surface area contributed by atoms with Crippen LogP contribution >= 0.6 is 0 Å². The third-order valence-corrected chi connectivity index (χ3v) is 3.79. The molecule has 0 bridgehead atoms. The number of nitrogens with zero attached hydrogens (tertiary/aromatic N) is 2. The first-order chi connectivity index (χ1) is 10.9. The van der Waals surface area contributed by atoms with Gasteiger partial charge in [-0.05, 0) is 50.3 Å². The highest BCUT2D eigenvalue weighted by Crippen LogP contribution is 2.20. The van der Waals surface area contributed by atoms with Crippen molar-refractivity contribution in [1.82, 2.24) is 9.97 Å². The lowest BCUT2D eigenvalue weighted by Crippen LogP contribution is -2.08. The van der Waals surface area contributed by atoms with Crippen LogP contribution in [0.15, 0.2) is 46.7 Å². The minimum atomic E-state index is 0.587. The molecule has 0 aliphatic heterocycles. The average molecular weight is 298 g/mol. The molecule has 0 saturated heterocycles. The molecule has 0 atom stereocenters. The highest BCUT2D eigenvalue weighted by Gasteiger charge is 2.04. The van der Waals surface area contributed by atoms with Gasteiger partial charge in [0.25, 0.3) is 0 Å². The van der Waals surface area contributed by atoms with Crippen LogP contribution in [0.4, 0.5) is 11.8 Å². The van der Waals surface area contributed by atoms with Crippen molar-refractivity contribution in [2.75, 3.05) is 17.2 Å². The molecule has 1 aliphatic carbocycles. The molecule has 1 aliphatic rings. The first-order valence-corrected chi connectivity index (χ1v) is 7.91. The minimum Gasteiger partial charge on any atom is -0.467 e. The molecule has 0 spiro atoms. The van der Waals surface area contributed by atoms with Crippen LogP contribution < -0.4 is 10.6 Å². The van der Waals surface area contributed by atoms with Crippen LogP contribution in [0, 0.1) is 0 Å². The lowest BCUT2D eigenvalue weighted by molar-refractivity contribution is 0.517.